The molecule has 0 amide bonds. The largest absolute Gasteiger partial charge is 0.462 e. The van der Waals surface area contributed by atoms with E-state index in [0.717, 1.165) is 63.7 Å². The van der Waals surface area contributed by atoms with Crippen LogP contribution in [0.1, 0.15) is 304 Å². The molecule has 0 rings (SSSR count). The van der Waals surface area contributed by atoms with E-state index in [1.807, 2.05) is 0 Å². The van der Waals surface area contributed by atoms with Crippen molar-refractivity contribution in [3.05, 3.63) is 0 Å². The second-order valence-electron chi connectivity index (χ2n) is 19.0. The van der Waals surface area contributed by atoms with Crippen molar-refractivity contribution >= 4 is 17.9 Å². The van der Waals surface area contributed by atoms with Gasteiger partial charge in [0.1, 0.15) is 13.2 Å². The van der Waals surface area contributed by atoms with Gasteiger partial charge in [-0.3, -0.25) is 14.4 Å². The highest BCUT2D eigenvalue weighted by molar-refractivity contribution is 5.71. The van der Waals surface area contributed by atoms with E-state index < -0.39 is 6.10 Å². The van der Waals surface area contributed by atoms with E-state index in [-0.39, 0.29) is 31.1 Å². The number of hydrogen-bond donors (Lipinski definition) is 0. The molecule has 0 aromatic carbocycles. The van der Waals surface area contributed by atoms with Crippen molar-refractivity contribution in [2.75, 3.05) is 13.2 Å². The Morgan fingerprint density at radius 2 is 0.550 bits per heavy atom. The quantitative estimate of drug-likeness (QED) is 0.0345. The molecule has 0 aromatic heterocycles. The van der Waals surface area contributed by atoms with Crippen molar-refractivity contribution in [2.45, 2.75) is 310 Å². The minimum absolute atomic E-state index is 0.0626. The standard InChI is InChI=1S/C54H104O6/c1-5-7-9-11-13-15-16-17-23-26-30-33-37-41-45-52(55)58-48-51(60-54(57)47-43-39-35-28-14-12-10-8-6-2)49-59-53(56)46-42-38-34-31-27-24-21-19-18-20-22-25-29-32-36-40-44-50(3)4/h50-51H,5-49H2,1-4H3/t51-/m1/s1. The average molecular weight is 849 g/mol. The Labute approximate surface area is 374 Å². The molecule has 0 aromatic rings. The molecule has 6 nitrogen and oxygen atoms in total. The summed E-state index contributed by atoms with van der Waals surface area (Å²) in [5.74, 6) is 0.00884. The third-order valence-corrected chi connectivity index (χ3v) is 12.3. The van der Waals surface area contributed by atoms with Crippen LogP contribution in [-0.2, 0) is 28.6 Å². The fraction of sp³-hybridized carbons (Fsp3) is 0.944. The third-order valence-electron chi connectivity index (χ3n) is 12.3. The molecule has 0 aliphatic heterocycles. The first-order chi connectivity index (χ1) is 29.4. The van der Waals surface area contributed by atoms with Crippen molar-refractivity contribution in [3.63, 3.8) is 0 Å². The summed E-state index contributed by atoms with van der Waals surface area (Å²) in [5, 5.41) is 0. The normalized spacial score (nSPS) is 11.9. The molecule has 6 heteroatoms. The van der Waals surface area contributed by atoms with Gasteiger partial charge in [0.2, 0.25) is 0 Å². The van der Waals surface area contributed by atoms with Crippen LogP contribution in [0.15, 0.2) is 0 Å². The van der Waals surface area contributed by atoms with Crippen LogP contribution >= 0.6 is 0 Å². The van der Waals surface area contributed by atoms with E-state index in [9.17, 15) is 14.4 Å². The fourth-order valence-corrected chi connectivity index (χ4v) is 8.22. The summed E-state index contributed by atoms with van der Waals surface area (Å²) in [6.45, 7) is 9.03. The van der Waals surface area contributed by atoms with Crippen molar-refractivity contribution in [1.29, 1.82) is 0 Å². The van der Waals surface area contributed by atoms with Gasteiger partial charge in [-0.05, 0) is 25.2 Å². The summed E-state index contributed by atoms with van der Waals surface area (Å²) in [4.78, 5) is 37.9. The molecule has 0 bridgehead atoms. The summed E-state index contributed by atoms with van der Waals surface area (Å²) in [6, 6.07) is 0. The van der Waals surface area contributed by atoms with E-state index in [1.165, 1.54) is 199 Å². The first-order valence-electron chi connectivity index (χ1n) is 26.9. The zero-order valence-corrected chi connectivity index (χ0v) is 40.9. The Morgan fingerprint density at radius 3 is 0.817 bits per heavy atom. The van der Waals surface area contributed by atoms with Crippen LogP contribution in [0, 0.1) is 5.92 Å². The highest BCUT2D eigenvalue weighted by atomic mass is 16.6. The number of esters is 3. The molecular formula is C54H104O6. The topological polar surface area (TPSA) is 78.9 Å². The maximum absolute atomic E-state index is 12.7. The summed E-state index contributed by atoms with van der Waals surface area (Å²) >= 11 is 0. The van der Waals surface area contributed by atoms with Crippen LogP contribution in [0.3, 0.4) is 0 Å². The van der Waals surface area contributed by atoms with Crippen molar-refractivity contribution in [2.24, 2.45) is 5.92 Å². The van der Waals surface area contributed by atoms with E-state index >= 15 is 0 Å². The highest BCUT2D eigenvalue weighted by Gasteiger charge is 2.19. The Hall–Kier alpha value is -1.59. The first kappa shape index (κ1) is 58.4. The lowest BCUT2D eigenvalue weighted by Crippen LogP contribution is -2.30. The lowest BCUT2D eigenvalue weighted by molar-refractivity contribution is -0.167. The summed E-state index contributed by atoms with van der Waals surface area (Å²) in [6.07, 6.45) is 50.9. The van der Waals surface area contributed by atoms with Crippen LogP contribution in [0.25, 0.3) is 0 Å². The molecule has 1 atom stereocenters. The lowest BCUT2D eigenvalue weighted by Gasteiger charge is -2.18. The number of rotatable bonds is 49. The highest BCUT2D eigenvalue weighted by Crippen LogP contribution is 2.17. The Morgan fingerprint density at radius 1 is 0.317 bits per heavy atom. The molecule has 60 heavy (non-hydrogen) atoms. The number of ether oxygens (including phenoxy) is 3. The maximum atomic E-state index is 12.7. The lowest BCUT2D eigenvalue weighted by atomic mass is 10.0. The van der Waals surface area contributed by atoms with Crippen LogP contribution < -0.4 is 0 Å². The van der Waals surface area contributed by atoms with Gasteiger partial charge in [0.25, 0.3) is 0 Å². The minimum Gasteiger partial charge on any atom is -0.462 e. The predicted molar refractivity (Wildman–Crippen MR) is 257 cm³/mol. The summed E-state index contributed by atoms with van der Waals surface area (Å²) in [7, 11) is 0. The first-order valence-corrected chi connectivity index (χ1v) is 26.9. The molecule has 0 saturated heterocycles. The van der Waals surface area contributed by atoms with E-state index in [2.05, 4.69) is 27.7 Å². The second kappa shape index (κ2) is 48.4. The molecule has 0 saturated carbocycles. The Kier molecular flexibility index (Phi) is 47.2. The molecule has 356 valence electrons. The molecular weight excluding hydrogens is 745 g/mol. The number of carbonyl (C=O) groups is 3. The number of unbranched alkanes of at least 4 members (excludes halogenated alkanes) is 36. The van der Waals surface area contributed by atoms with Crippen molar-refractivity contribution in [1.82, 2.24) is 0 Å². The summed E-state index contributed by atoms with van der Waals surface area (Å²) in [5.41, 5.74) is 0. The van der Waals surface area contributed by atoms with Crippen molar-refractivity contribution in [3.8, 4) is 0 Å². The van der Waals surface area contributed by atoms with Gasteiger partial charge in [0, 0.05) is 19.3 Å². The van der Waals surface area contributed by atoms with Gasteiger partial charge in [-0.2, -0.15) is 0 Å². The van der Waals surface area contributed by atoms with Crippen LogP contribution in [-0.4, -0.2) is 37.2 Å². The number of carbonyl (C=O) groups excluding carboxylic acids is 3. The van der Waals surface area contributed by atoms with Crippen LogP contribution in [0.2, 0.25) is 0 Å². The second-order valence-corrected chi connectivity index (χ2v) is 19.0. The zero-order valence-electron chi connectivity index (χ0n) is 40.9. The van der Waals surface area contributed by atoms with Gasteiger partial charge in [0.15, 0.2) is 6.10 Å². The zero-order chi connectivity index (χ0) is 43.8. The van der Waals surface area contributed by atoms with Gasteiger partial charge in [-0.1, -0.05) is 265 Å². The molecule has 0 spiro atoms. The summed E-state index contributed by atoms with van der Waals surface area (Å²) < 4.78 is 16.8. The van der Waals surface area contributed by atoms with Crippen LogP contribution in [0.4, 0.5) is 0 Å². The Balaban J connectivity index is 4.19. The van der Waals surface area contributed by atoms with Gasteiger partial charge < -0.3 is 14.2 Å². The molecule has 0 fully saturated rings. The SMILES string of the molecule is CCCCCCCCCCCCCCCCC(=O)OC[C@H](COC(=O)CCCCCCCCCCCCCCCCCCC(C)C)OC(=O)CCCCCCCCCCC. The average Bonchev–Trinajstić information content (AvgIpc) is 3.23. The van der Waals surface area contributed by atoms with Crippen LogP contribution in [0.5, 0.6) is 0 Å². The van der Waals surface area contributed by atoms with Gasteiger partial charge in [0.05, 0.1) is 0 Å². The molecule has 0 unspecified atom stereocenters. The number of hydrogen-bond acceptors (Lipinski definition) is 6. The third kappa shape index (κ3) is 47.5. The van der Waals surface area contributed by atoms with Gasteiger partial charge >= 0.3 is 17.9 Å². The van der Waals surface area contributed by atoms with Crippen molar-refractivity contribution < 1.29 is 28.6 Å². The molecule has 0 aliphatic rings. The molecule has 0 heterocycles. The van der Waals surface area contributed by atoms with E-state index in [0.29, 0.717) is 19.3 Å². The van der Waals surface area contributed by atoms with E-state index in [4.69, 9.17) is 14.2 Å². The van der Waals surface area contributed by atoms with E-state index in [1.54, 1.807) is 0 Å². The Bertz CT molecular complexity index is 903. The minimum atomic E-state index is -0.760. The molecule has 0 N–H and O–H groups in total. The molecule has 0 radical (unpaired) electrons. The monoisotopic (exact) mass is 849 g/mol. The van der Waals surface area contributed by atoms with Gasteiger partial charge in [-0.15, -0.1) is 0 Å². The fourth-order valence-electron chi connectivity index (χ4n) is 8.22. The smallest absolute Gasteiger partial charge is 0.306 e. The van der Waals surface area contributed by atoms with Gasteiger partial charge in [-0.25, -0.2) is 0 Å². The molecule has 0 aliphatic carbocycles. The maximum Gasteiger partial charge on any atom is 0.306 e. The predicted octanol–water partition coefficient (Wildman–Crippen LogP) is 17.5.